The van der Waals surface area contributed by atoms with Gasteiger partial charge in [0.1, 0.15) is 5.82 Å². The van der Waals surface area contributed by atoms with Crippen molar-refractivity contribution in [2.45, 2.75) is 53.5 Å². The van der Waals surface area contributed by atoms with E-state index in [4.69, 9.17) is 0 Å². The summed E-state index contributed by atoms with van der Waals surface area (Å²) in [7, 11) is 0. The maximum atomic E-state index is 13.3. The lowest BCUT2D eigenvalue weighted by atomic mass is 10.1. The van der Waals surface area contributed by atoms with Crippen molar-refractivity contribution in [1.29, 1.82) is 0 Å². The molecule has 0 amide bonds. The van der Waals surface area contributed by atoms with Gasteiger partial charge in [-0.1, -0.05) is 75.2 Å². The first kappa shape index (κ1) is 21.8. The van der Waals surface area contributed by atoms with Crippen LogP contribution in [0.3, 0.4) is 0 Å². The Morgan fingerprint density at radius 1 is 1.04 bits per heavy atom. The van der Waals surface area contributed by atoms with Crippen LogP contribution in [-0.2, 0) is 4.79 Å². The smallest absolute Gasteiger partial charge is 0.151 e. The van der Waals surface area contributed by atoms with Crippen molar-refractivity contribution >= 4 is 11.5 Å². The molecule has 2 aromatic carbocycles. The molecule has 2 nitrogen and oxygen atoms in total. The first-order chi connectivity index (χ1) is 11.5. The van der Waals surface area contributed by atoms with Gasteiger partial charge in [-0.25, -0.2) is 4.39 Å². The second-order valence-electron chi connectivity index (χ2n) is 5.23. The van der Waals surface area contributed by atoms with E-state index in [0.717, 1.165) is 12.8 Å². The molecule has 132 valence electrons. The summed E-state index contributed by atoms with van der Waals surface area (Å²) in [4.78, 5) is 11.3. The molecule has 0 spiro atoms. The van der Waals surface area contributed by atoms with Gasteiger partial charge in [-0.3, -0.25) is 4.79 Å². The summed E-state index contributed by atoms with van der Waals surface area (Å²) in [6, 6.07) is 16.4. The predicted molar refractivity (Wildman–Crippen MR) is 102 cm³/mol. The van der Waals surface area contributed by atoms with Crippen molar-refractivity contribution in [1.82, 2.24) is 0 Å². The molecular formula is C21H30FNO. The molecule has 3 heteroatoms. The van der Waals surface area contributed by atoms with Crippen LogP contribution in [0.2, 0.25) is 0 Å². The Bertz CT molecular complexity index is 569. The highest BCUT2D eigenvalue weighted by Gasteiger charge is 2.13. The molecular weight excluding hydrogens is 301 g/mol. The SMILES string of the molecule is CC.CCCC(Nc1ccccc1F)C(C)=O.Cc1ccccc1. The highest BCUT2D eigenvalue weighted by Crippen LogP contribution is 2.15. The number of rotatable bonds is 5. The minimum atomic E-state index is -0.320. The first-order valence-corrected chi connectivity index (χ1v) is 8.57. The minimum absolute atomic E-state index is 0.0418. The van der Waals surface area contributed by atoms with E-state index < -0.39 is 0 Å². The van der Waals surface area contributed by atoms with Crippen LogP contribution in [-0.4, -0.2) is 11.8 Å². The number of anilines is 1. The van der Waals surface area contributed by atoms with Crippen LogP contribution < -0.4 is 5.32 Å². The zero-order valence-corrected chi connectivity index (χ0v) is 15.5. The van der Waals surface area contributed by atoms with Gasteiger partial charge < -0.3 is 5.32 Å². The van der Waals surface area contributed by atoms with Crippen LogP contribution in [0.1, 0.15) is 46.1 Å². The molecule has 1 N–H and O–H groups in total. The van der Waals surface area contributed by atoms with Crippen LogP contribution in [0, 0.1) is 12.7 Å². The van der Waals surface area contributed by atoms with Gasteiger partial charge in [0.05, 0.1) is 11.7 Å². The van der Waals surface area contributed by atoms with Crippen LogP contribution in [0.25, 0.3) is 0 Å². The highest BCUT2D eigenvalue weighted by molar-refractivity contribution is 5.84. The molecule has 0 saturated carbocycles. The topological polar surface area (TPSA) is 29.1 Å². The molecule has 0 aliphatic heterocycles. The van der Waals surface area contributed by atoms with Crippen LogP contribution in [0.5, 0.6) is 0 Å². The third kappa shape index (κ3) is 9.09. The number of hydrogen-bond donors (Lipinski definition) is 1. The highest BCUT2D eigenvalue weighted by atomic mass is 19.1. The molecule has 0 aliphatic carbocycles. The Hall–Kier alpha value is -2.16. The van der Waals surface area contributed by atoms with Crippen molar-refractivity contribution in [3.63, 3.8) is 0 Å². The Balaban J connectivity index is 0.000000488. The lowest BCUT2D eigenvalue weighted by Gasteiger charge is -2.16. The number of ketones is 1. The average molecular weight is 331 g/mol. The number of halogens is 1. The molecule has 2 rings (SSSR count). The van der Waals surface area contributed by atoms with Gasteiger partial charge in [0.15, 0.2) is 5.78 Å². The van der Waals surface area contributed by atoms with Crippen LogP contribution >= 0.6 is 0 Å². The van der Waals surface area contributed by atoms with Gasteiger partial charge in [-0.2, -0.15) is 0 Å². The maximum Gasteiger partial charge on any atom is 0.151 e. The van der Waals surface area contributed by atoms with E-state index in [2.05, 4.69) is 24.4 Å². The van der Waals surface area contributed by atoms with Gasteiger partial charge in [0.2, 0.25) is 0 Å². The van der Waals surface area contributed by atoms with Crippen molar-refractivity contribution in [3.8, 4) is 0 Å². The fourth-order valence-electron chi connectivity index (χ4n) is 1.97. The normalized spacial score (nSPS) is 10.4. The lowest BCUT2D eigenvalue weighted by molar-refractivity contribution is -0.117. The molecule has 2 aromatic rings. The number of nitrogens with one attached hydrogen (secondary N) is 1. The van der Waals surface area contributed by atoms with Gasteiger partial charge in [-0.15, -0.1) is 0 Å². The number of hydrogen-bond acceptors (Lipinski definition) is 2. The van der Waals surface area contributed by atoms with Crippen molar-refractivity contribution in [2.24, 2.45) is 0 Å². The Labute approximate surface area is 146 Å². The second kappa shape index (κ2) is 13.3. The van der Waals surface area contributed by atoms with E-state index in [1.54, 1.807) is 18.2 Å². The van der Waals surface area contributed by atoms with E-state index in [1.165, 1.54) is 18.6 Å². The lowest BCUT2D eigenvalue weighted by Crippen LogP contribution is -2.27. The molecule has 0 radical (unpaired) electrons. The van der Waals surface area contributed by atoms with Gasteiger partial charge in [0, 0.05) is 0 Å². The van der Waals surface area contributed by atoms with E-state index in [-0.39, 0.29) is 17.6 Å². The van der Waals surface area contributed by atoms with Crippen molar-refractivity contribution < 1.29 is 9.18 Å². The van der Waals surface area contributed by atoms with E-state index >= 15 is 0 Å². The third-order valence-corrected chi connectivity index (χ3v) is 3.21. The van der Waals surface area contributed by atoms with Crippen LogP contribution in [0.4, 0.5) is 10.1 Å². The zero-order chi connectivity index (χ0) is 18.4. The van der Waals surface area contributed by atoms with Gasteiger partial charge in [0.25, 0.3) is 0 Å². The average Bonchev–Trinajstić information content (AvgIpc) is 2.59. The first-order valence-electron chi connectivity index (χ1n) is 8.57. The maximum absolute atomic E-state index is 13.3. The van der Waals surface area contributed by atoms with Crippen molar-refractivity contribution in [2.75, 3.05) is 5.32 Å². The molecule has 0 fully saturated rings. The molecule has 24 heavy (non-hydrogen) atoms. The Morgan fingerprint density at radius 2 is 1.58 bits per heavy atom. The minimum Gasteiger partial charge on any atom is -0.373 e. The number of para-hydroxylation sites is 1. The Morgan fingerprint density at radius 3 is 2.00 bits per heavy atom. The standard InChI is InChI=1S/C12H16FNO.C7H8.C2H6/c1-3-6-11(9(2)15)14-12-8-5-4-7-10(12)13;1-7-5-3-2-4-6-7;1-2/h4-5,7-8,11,14H,3,6H2,1-2H3;2-6H,1H3;1-2H3. The fourth-order valence-corrected chi connectivity index (χ4v) is 1.97. The molecule has 0 bridgehead atoms. The largest absolute Gasteiger partial charge is 0.373 e. The van der Waals surface area contributed by atoms with E-state index in [0.29, 0.717) is 5.69 Å². The summed E-state index contributed by atoms with van der Waals surface area (Å²) in [6.45, 7) is 9.60. The fraction of sp³-hybridized carbons (Fsp3) is 0.381. The molecule has 0 saturated heterocycles. The van der Waals surface area contributed by atoms with Crippen LogP contribution in [0.15, 0.2) is 54.6 Å². The van der Waals surface area contributed by atoms with Gasteiger partial charge in [-0.05, 0) is 32.4 Å². The number of benzene rings is 2. The summed E-state index contributed by atoms with van der Waals surface area (Å²) in [5, 5.41) is 2.92. The monoisotopic (exact) mass is 331 g/mol. The number of carbonyl (C=O) groups is 1. The number of carbonyl (C=O) groups excluding carboxylic acids is 1. The quantitative estimate of drug-likeness (QED) is 0.726. The molecule has 0 heterocycles. The van der Waals surface area contributed by atoms with E-state index in [9.17, 15) is 9.18 Å². The van der Waals surface area contributed by atoms with Crippen molar-refractivity contribution in [3.05, 3.63) is 66.0 Å². The molecule has 0 aromatic heterocycles. The second-order valence-corrected chi connectivity index (χ2v) is 5.23. The summed E-state index contributed by atoms with van der Waals surface area (Å²) in [5.41, 5.74) is 1.72. The summed E-state index contributed by atoms with van der Waals surface area (Å²) < 4.78 is 13.3. The van der Waals surface area contributed by atoms with Gasteiger partial charge >= 0.3 is 0 Å². The summed E-state index contributed by atoms with van der Waals surface area (Å²) in [6.07, 6.45) is 1.62. The zero-order valence-electron chi connectivity index (χ0n) is 15.5. The van der Waals surface area contributed by atoms with E-state index in [1.807, 2.05) is 39.0 Å². The molecule has 1 atom stereocenters. The molecule has 0 aliphatic rings. The molecule has 1 unspecified atom stereocenters. The third-order valence-electron chi connectivity index (χ3n) is 3.21. The predicted octanol–water partition coefficient (Wildman–Crippen LogP) is 6.02. The summed E-state index contributed by atoms with van der Waals surface area (Å²) in [5.74, 6) is -0.278. The number of Topliss-reactive ketones (excluding diaryl/α,β-unsaturated/α-hetero) is 1. The Kier molecular flexibility index (Phi) is 12.1. The number of aryl methyl sites for hydroxylation is 1. The summed E-state index contributed by atoms with van der Waals surface area (Å²) >= 11 is 0.